The Labute approximate surface area is 97.7 Å². The fraction of sp³-hybridized carbons (Fsp3) is 0.545. The Kier molecular flexibility index (Phi) is 4.82. The lowest BCUT2D eigenvalue weighted by Gasteiger charge is -2.02. The van der Waals surface area contributed by atoms with E-state index >= 15 is 0 Å². The summed E-state index contributed by atoms with van der Waals surface area (Å²) < 4.78 is 1.17. The Balaban J connectivity index is 2.25. The molecule has 0 saturated heterocycles. The average molecular weight is 275 g/mol. The first-order valence-corrected chi connectivity index (χ1v) is 6.47. The van der Waals surface area contributed by atoms with Crippen LogP contribution in [0.25, 0.3) is 0 Å². The monoisotopic (exact) mass is 274 g/mol. The van der Waals surface area contributed by atoms with E-state index < -0.39 is 0 Å². The van der Waals surface area contributed by atoms with E-state index in [1.165, 1.54) is 8.66 Å². The molecule has 1 aromatic heterocycles. The van der Waals surface area contributed by atoms with Crippen LogP contribution in [0, 0.1) is 5.92 Å². The highest BCUT2D eigenvalue weighted by Crippen LogP contribution is 2.23. The minimum absolute atomic E-state index is 0.185. The lowest BCUT2D eigenvalue weighted by molar-refractivity contribution is -0.121. The van der Waals surface area contributed by atoms with Crippen LogP contribution in [0.15, 0.2) is 15.9 Å². The van der Waals surface area contributed by atoms with Gasteiger partial charge in [0.15, 0.2) is 0 Å². The highest BCUT2D eigenvalue weighted by molar-refractivity contribution is 9.11. The van der Waals surface area contributed by atoms with E-state index in [1.807, 2.05) is 13.8 Å². The Morgan fingerprint density at radius 1 is 1.50 bits per heavy atom. The maximum Gasteiger partial charge on any atom is 0.135 e. The van der Waals surface area contributed by atoms with Crippen LogP contribution in [-0.2, 0) is 11.2 Å². The Hall–Kier alpha value is -0.150. The number of hydrogen-bond acceptors (Lipinski definition) is 2. The molecular formula is C11H15BrOS. The molecule has 0 radical (unpaired) electrons. The molecule has 0 spiro atoms. The standard InChI is InChI=1S/C11H15BrOS/c1-8(2)10(13)5-3-4-9-6-7-11(12)14-9/h6-8H,3-5H2,1-2H3. The van der Waals surface area contributed by atoms with Crippen molar-refractivity contribution in [3.05, 3.63) is 20.8 Å². The maximum atomic E-state index is 11.3. The molecule has 14 heavy (non-hydrogen) atoms. The number of hydrogen-bond donors (Lipinski definition) is 0. The Bertz CT molecular complexity index is 304. The molecule has 0 unspecified atom stereocenters. The van der Waals surface area contributed by atoms with Gasteiger partial charge in [-0.05, 0) is 40.9 Å². The molecule has 1 rings (SSSR count). The molecule has 0 bridgehead atoms. The van der Waals surface area contributed by atoms with Crippen LogP contribution in [0.1, 0.15) is 31.6 Å². The highest BCUT2D eigenvalue weighted by Gasteiger charge is 2.06. The molecule has 0 atom stereocenters. The highest BCUT2D eigenvalue weighted by atomic mass is 79.9. The van der Waals surface area contributed by atoms with Crippen LogP contribution < -0.4 is 0 Å². The van der Waals surface area contributed by atoms with Gasteiger partial charge in [-0.25, -0.2) is 0 Å². The molecule has 78 valence electrons. The van der Waals surface area contributed by atoms with Crippen LogP contribution in [0.5, 0.6) is 0 Å². The number of thiophene rings is 1. The molecule has 0 amide bonds. The van der Waals surface area contributed by atoms with Gasteiger partial charge in [0, 0.05) is 17.2 Å². The quantitative estimate of drug-likeness (QED) is 0.792. The van der Waals surface area contributed by atoms with Crippen molar-refractivity contribution in [3.8, 4) is 0 Å². The summed E-state index contributed by atoms with van der Waals surface area (Å²) in [6.45, 7) is 3.92. The normalized spacial score (nSPS) is 10.9. The molecule has 0 saturated carbocycles. The van der Waals surface area contributed by atoms with Crippen LogP contribution in [0.2, 0.25) is 0 Å². The smallest absolute Gasteiger partial charge is 0.135 e. The first-order chi connectivity index (χ1) is 6.59. The predicted octanol–water partition coefficient (Wildman–Crippen LogP) is 4.06. The lowest BCUT2D eigenvalue weighted by Crippen LogP contribution is -2.06. The van der Waals surface area contributed by atoms with Gasteiger partial charge in [0.2, 0.25) is 0 Å². The first-order valence-electron chi connectivity index (χ1n) is 4.86. The van der Waals surface area contributed by atoms with Crippen molar-refractivity contribution in [1.29, 1.82) is 0 Å². The number of aryl methyl sites for hydroxylation is 1. The van der Waals surface area contributed by atoms with Crippen molar-refractivity contribution in [2.24, 2.45) is 5.92 Å². The zero-order valence-electron chi connectivity index (χ0n) is 8.55. The predicted molar refractivity (Wildman–Crippen MR) is 64.8 cm³/mol. The van der Waals surface area contributed by atoms with Crippen molar-refractivity contribution in [1.82, 2.24) is 0 Å². The number of ketones is 1. The van der Waals surface area contributed by atoms with Gasteiger partial charge in [0.25, 0.3) is 0 Å². The number of carbonyl (C=O) groups excluding carboxylic acids is 1. The van der Waals surface area contributed by atoms with Gasteiger partial charge < -0.3 is 0 Å². The van der Waals surface area contributed by atoms with Crippen molar-refractivity contribution in [2.75, 3.05) is 0 Å². The number of carbonyl (C=O) groups is 1. The van der Waals surface area contributed by atoms with Crippen molar-refractivity contribution in [3.63, 3.8) is 0 Å². The van der Waals surface area contributed by atoms with Gasteiger partial charge in [-0.1, -0.05) is 13.8 Å². The summed E-state index contributed by atoms with van der Waals surface area (Å²) in [5.74, 6) is 0.561. The van der Waals surface area contributed by atoms with Crippen LogP contribution in [0.4, 0.5) is 0 Å². The minimum atomic E-state index is 0.185. The van der Waals surface area contributed by atoms with E-state index in [2.05, 4.69) is 28.1 Å². The van der Waals surface area contributed by atoms with Gasteiger partial charge in [0.1, 0.15) is 5.78 Å². The van der Waals surface area contributed by atoms with E-state index in [9.17, 15) is 4.79 Å². The SMILES string of the molecule is CC(C)C(=O)CCCc1ccc(Br)s1. The molecule has 1 heterocycles. The van der Waals surface area contributed by atoms with E-state index in [0.717, 1.165) is 12.8 Å². The molecule has 0 N–H and O–H groups in total. The Morgan fingerprint density at radius 3 is 2.71 bits per heavy atom. The third-order valence-corrected chi connectivity index (χ3v) is 3.80. The van der Waals surface area contributed by atoms with E-state index in [-0.39, 0.29) is 5.92 Å². The summed E-state index contributed by atoms with van der Waals surface area (Å²) in [4.78, 5) is 12.7. The molecule has 0 fully saturated rings. The molecule has 1 nitrogen and oxygen atoms in total. The molecular weight excluding hydrogens is 260 g/mol. The van der Waals surface area contributed by atoms with Gasteiger partial charge in [-0.3, -0.25) is 4.79 Å². The summed E-state index contributed by atoms with van der Waals surface area (Å²) in [6.07, 6.45) is 2.71. The molecule has 1 aromatic rings. The second-order valence-electron chi connectivity index (χ2n) is 3.68. The molecule has 0 aliphatic rings. The van der Waals surface area contributed by atoms with Crippen molar-refractivity contribution >= 4 is 33.0 Å². The number of Topliss-reactive ketones (excluding diaryl/α,β-unsaturated/α-hetero) is 1. The van der Waals surface area contributed by atoms with Crippen LogP contribution in [0.3, 0.4) is 0 Å². The van der Waals surface area contributed by atoms with Crippen molar-refractivity contribution in [2.45, 2.75) is 33.1 Å². The number of rotatable bonds is 5. The second-order valence-corrected chi connectivity index (χ2v) is 6.23. The number of halogens is 1. The summed E-state index contributed by atoms with van der Waals surface area (Å²) in [6, 6.07) is 4.18. The zero-order chi connectivity index (χ0) is 10.6. The fourth-order valence-electron chi connectivity index (χ4n) is 1.21. The fourth-order valence-corrected chi connectivity index (χ4v) is 2.74. The van der Waals surface area contributed by atoms with Crippen LogP contribution >= 0.6 is 27.3 Å². The Morgan fingerprint density at radius 2 is 2.21 bits per heavy atom. The average Bonchev–Trinajstić information content (AvgIpc) is 2.51. The van der Waals surface area contributed by atoms with E-state index in [4.69, 9.17) is 0 Å². The van der Waals surface area contributed by atoms with Gasteiger partial charge in [0.05, 0.1) is 3.79 Å². The molecule has 3 heteroatoms. The zero-order valence-corrected chi connectivity index (χ0v) is 11.0. The summed E-state index contributed by atoms with van der Waals surface area (Å²) in [7, 11) is 0. The van der Waals surface area contributed by atoms with E-state index in [1.54, 1.807) is 11.3 Å². The molecule has 0 aliphatic heterocycles. The topological polar surface area (TPSA) is 17.1 Å². The van der Waals surface area contributed by atoms with Crippen molar-refractivity contribution < 1.29 is 4.79 Å². The summed E-state index contributed by atoms with van der Waals surface area (Å²) in [5.41, 5.74) is 0. The second kappa shape index (κ2) is 5.66. The third kappa shape index (κ3) is 3.93. The van der Waals surface area contributed by atoms with Crippen LogP contribution in [-0.4, -0.2) is 5.78 Å². The van der Waals surface area contributed by atoms with Gasteiger partial charge >= 0.3 is 0 Å². The largest absolute Gasteiger partial charge is 0.299 e. The van der Waals surface area contributed by atoms with Gasteiger partial charge in [-0.15, -0.1) is 11.3 Å². The van der Waals surface area contributed by atoms with E-state index in [0.29, 0.717) is 12.2 Å². The van der Waals surface area contributed by atoms with Gasteiger partial charge in [-0.2, -0.15) is 0 Å². The summed E-state index contributed by atoms with van der Waals surface area (Å²) >= 11 is 5.18. The molecule has 0 aromatic carbocycles. The minimum Gasteiger partial charge on any atom is -0.299 e. The lowest BCUT2D eigenvalue weighted by atomic mass is 10.0. The maximum absolute atomic E-state index is 11.3. The molecule has 0 aliphatic carbocycles. The third-order valence-electron chi connectivity index (χ3n) is 2.12. The first kappa shape index (κ1) is 11.9. The summed E-state index contributed by atoms with van der Waals surface area (Å²) in [5, 5.41) is 0.